The van der Waals surface area contributed by atoms with Crippen LogP contribution in [0.15, 0.2) is 70.5 Å². The van der Waals surface area contributed by atoms with Gasteiger partial charge < -0.3 is 15.4 Å². The van der Waals surface area contributed by atoms with E-state index >= 15 is 0 Å². The van der Waals surface area contributed by atoms with Gasteiger partial charge in [0.2, 0.25) is 31.7 Å². The van der Waals surface area contributed by atoms with Gasteiger partial charge in [-0.1, -0.05) is 12.1 Å². The first-order valence-electron chi connectivity index (χ1n) is 21.0. The van der Waals surface area contributed by atoms with Gasteiger partial charge in [0.15, 0.2) is 0 Å². The van der Waals surface area contributed by atoms with E-state index in [1.807, 2.05) is 48.5 Å². The average Bonchev–Trinajstić information content (AvgIpc) is 4.04. The summed E-state index contributed by atoms with van der Waals surface area (Å²) in [6.45, 7) is 18.7. The number of methoxy groups -OCH3 is 1. The van der Waals surface area contributed by atoms with Crippen molar-refractivity contribution in [3.05, 3.63) is 88.7 Å². The van der Waals surface area contributed by atoms with E-state index in [9.17, 15) is 30.8 Å². The molecule has 0 saturated heterocycles. The fraction of sp³-hybridized carbons (Fsp3) is 0.395. The lowest BCUT2D eigenvalue weighted by Crippen LogP contribution is -2.41. The van der Waals surface area contributed by atoms with E-state index in [0.29, 0.717) is 34.2 Å². The molecule has 67 heavy (non-hydrogen) atoms. The zero-order chi connectivity index (χ0) is 49.0. The van der Waals surface area contributed by atoms with Gasteiger partial charge in [0.25, 0.3) is 11.8 Å². The minimum absolute atomic E-state index is 0.00910. The van der Waals surface area contributed by atoms with Crippen LogP contribution in [0.5, 0.6) is 5.75 Å². The summed E-state index contributed by atoms with van der Waals surface area (Å²) in [4.78, 5) is 34.9. The van der Waals surface area contributed by atoms with Crippen molar-refractivity contribution in [2.75, 3.05) is 17.7 Å². The number of sulfonamides is 2. The molecule has 2 N–H and O–H groups in total. The van der Waals surface area contributed by atoms with Crippen molar-refractivity contribution in [3.8, 4) is 28.8 Å². The number of fused-ring (bicyclic) bond motifs is 2. The summed E-state index contributed by atoms with van der Waals surface area (Å²) in [7, 11) is -6.16. The highest BCUT2D eigenvalue weighted by molar-refractivity contribution is 7.89. The Morgan fingerprint density at radius 2 is 1.07 bits per heavy atom. The van der Waals surface area contributed by atoms with Gasteiger partial charge in [-0.2, -0.15) is 8.61 Å². The van der Waals surface area contributed by atoms with Crippen LogP contribution in [0, 0.1) is 5.82 Å². The number of carbonyl (C=O) groups is 2. The van der Waals surface area contributed by atoms with Crippen LogP contribution in [-0.4, -0.2) is 106 Å². The first-order valence-corrected chi connectivity index (χ1v) is 23.9. The number of benzene rings is 2. The van der Waals surface area contributed by atoms with Gasteiger partial charge in [-0.3, -0.25) is 9.59 Å². The first-order chi connectivity index (χ1) is 31.3. The number of amides is 2. The third-order valence-electron chi connectivity index (χ3n) is 10.7. The normalized spacial score (nSPS) is 15.5. The van der Waals surface area contributed by atoms with Crippen LogP contribution in [-0.2, 0) is 33.1 Å². The van der Waals surface area contributed by atoms with Crippen molar-refractivity contribution in [2.24, 2.45) is 0 Å². The Kier molecular flexibility index (Phi) is 12.9. The molecule has 2 aromatic carbocycles. The second kappa shape index (κ2) is 17.9. The molecule has 4 aromatic heterocycles. The Hall–Kier alpha value is -6.63. The number of anilines is 2. The van der Waals surface area contributed by atoms with E-state index in [2.05, 4.69) is 51.7 Å². The van der Waals surface area contributed by atoms with Gasteiger partial charge in [0, 0.05) is 24.2 Å². The van der Waals surface area contributed by atoms with E-state index in [0.717, 1.165) is 12.1 Å². The van der Waals surface area contributed by atoms with Crippen molar-refractivity contribution < 1.29 is 35.6 Å². The molecule has 0 bridgehead atoms. The maximum atomic E-state index is 14.8. The monoisotopic (exact) mass is 958 g/mol. The molecule has 0 radical (unpaired) electrons. The van der Waals surface area contributed by atoms with E-state index in [1.54, 1.807) is 66.5 Å². The Labute approximate surface area is 387 Å². The molecule has 0 atom stereocenters. The van der Waals surface area contributed by atoms with Crippen molar-refractivity contribution in [1.29, 1.82) is 0 Å². The maximum Gasteiger partial charge on any atom is 0.260 e. The molecular weight excluding hydrogens is 908 g/mol. The van der Waals surface area contributed by atoms with E-state index in [4.69, 9.17) is 4.74 Å². The molecular formula is C43H51FN14O7S2. The van der Waals surface area contributed by atoms with Gasteiger partial charge in [-0.15, -0.1) is 10.2 Å². The zero-order valence-electron chi connectivity index (χ0n) is 38.8. The molecule has 0 fully saturated rings. The van der Waals surface area contributed by atoms with Crippen molar-refractivity contribution in [3.63, 3.8) is 0 Å². The summed E-state index contributed by atoms with van der Waals surface area (Å²) in [5.74, 6) is -0.589. The SMILES string of the molecule is CC(C)n1nnnc1-c1cccc(NC(=O)c2cc3c(cc2F)CN(C(C)(C)C)S3(=O)=O)n1.COc1cc2c(cc1C(=O)Nc1cccc(-c3nnnn3C(C)C)n1)S(=O)(=O)N(C(C)(C)C)C2. The molecule has 0 spiro atoms. The van der Waals surface area contributed by atoms with E-state index < -0.39 is 48.8 Å². The van der Waals surface area contributed by atoms with Crippen molar-refractivity contribution >= 4 is 43.5 Å². The fourth-order valence-electron chi connectivity index (χ4n) is 7.40. The van der Waals surface area contributed by atoms with Gasteiger partial charge in [-0.25, -0.2) is 40.6 Å². The molecule has 24 heteroatoms. The molecule has 8 rings (SSSR count). The predicted octanol–water partition coefficient (Wildman–Crippen LogP) is 5.89. The highest BCUT2D eigenvalue weighted by Crippen LogP contribution is 2.40. The second-order valence-corrected chi connectivity index (χ2v) is 21.9. The lowest BCUT2D eigenvalue weighted by molar-refractivity contribution is 0.101. The van der Waals surface area contributed by atoms with Crippen molar-refractivity contribution in [1.82, 2.24) is 59.0 Å². The Bertz CT molecular complexity index is 3120. The molecule has 0 saturated carbocycles. The quantitative estimate of drug-likeness (QED) is 0.171. The summed E-state index contributed by atoms with van der Waals surface area (Å²) < 4.78 is 78.4. The molecule has 0 unspecified atom stereocenters. The van der Waals surface area contributed by atoms with Gasteiger partial charge >= 0.3 is 0 Å². The zero-order valence-corrected chi connectivity index (χ0v) is 40.4. The van der Waals surface area contributed by atoms with Crippen LogP contribution in [0.25, 0.3) is 23.0 Å². The molecule has 6 aromatic rings. The minimum atomic E-state index is -3.85. The fourth-order valence-corrected chi connectivity index (χ4v) is 11.4. The number of tetrazole rings is 2. The number of pyridine rings is 2. The number of hydrogen-bond donors (Lipinski definition) is 2. The third kappa shape index (κ3) is 9.51. The van der Waals surface area contributed by atoms with Gasteiger partial charge in [0.05, 0.1) is 40.1 Å². The summed E-state index contributed by atoms with van der Waals surface area (Å²) in [5, 5.41) is 28.5. The number of nitrogens with one attached hydrogen (secondary N) is 2. The second-order valence-electron chi connectivity index (χ2n) is 18.3. The van der Waals surface area contributed by atoms with Crippen LogP contribution >= 0.6 is 0 Å². The topological polar surface area (TPSA) is 255 Å². The molecule has 2 aliphatic heterocycles. The predicted molar refractivity (Wildman–Crippen MR) is 243 cm³/mol. The van der Waals surface area contributed by atoms with E-state index in [-0.39, 0.29) is 63.5 Å². The number of ether oxygens (including phenoxy) is 1. The smallest absolute Gasteiger partial charge is 0.260 e. The van der Waals surface area contributed by atoms with Crippen molar-refractivity contribution in [2.45, 2.75) is 115 Å². The highest BCUT2D eigenvalue weighted by Gasteiger charge is 2.43. The van der Waals surface area contributed by atoms with Gasteiger partial charge in [-0.05, 0) is 150 Å². The number of nitrogens with zero attached hydrogens (tertiary/aromatic N) is 12. The van der Waals surface area contributed by atoms with Crippen LogP contribution in [0.3, 0.4) is 0 Å². The lowest BCUT2D eigenvalue weighted by atomic mass is 10.1. The molecule has 2 aliphatic rings. The Morgan fingerprint density at radius 1 is 0.657 bits per heavy atom. The summed E-state index contributed by atoms with van der Waals surface area (Å²) >= 11 is 0. The molecule has 6 heterocycles. The summed E-state index contributed by atoms with van der Waals surface area (Å²) in [6.07, 6.45) is 0. The van der Waals surface area contributed by atoms with E-state index in [1.165, 1.54) is 27.9 Å². The highest BCUT2D eigenvalue weighted by atomic mass is 32.2. The molecule has 2 amide bonds. The Balaban J connectivity index is 0.000000199. The summed E-state index contributed by atoms with van der Waals surface area (Å²) in [6, 6.07) is 15.1. The first kappa shape index (κ1) is 48.3. The lowest BCUT2D eigenvalue weighted by Gasteiger charge is -2.29. The van der Waals surface area contributed by atoms with Crippen LogP contribution in [0.1, 0.15) is 113 Å². The Morgan fingerprint density at radius 3 is 1.49 bits per heavy atom. The van der Waals surface area contributed by atoms with Crippen LogP contribution < -0.4 is 15.4 Å². The molecule has 21 nitrogen and oxygen atoms in total. The maximum absolute atomic E-state index is 14.8. The average molecular weight is 959 g/mol. The van der Waals surface area contributed by atoms with Crippen LogP contribution in [0.2, 0.25) is 0 Å². The van der Waals surface area contributed by atoms with Gasteiger partial charge in [0.1, 0.15) is 34.6 Å². The van der Waals surface area contributed by atoms with Crippen LogP contribution in [0.4, 0.5) is 16.0 Å². The largest absolute Gasteiger partial charge is 0.496 e. The molecule has 354 valence electrons. The summed E-state index contributed by atoms with van der Waals surface area (Å²) in [5.41, 5.74) is 0.233. The number of halogens is 1. The number of carbonyl (C=O) groups excluding carboxylic acids is 2. The number of aromatic nitrogens is 10. The minimum Gasteiger partial charge on any atom is -0.496 e. The third-order valence-corrected chi connectivity index (χ3v) is 15.1. The number of hydrogen-bond acceptors (Lipinski definition) is 15. The number of rotatable bonds is 9. The standard InChI is InChI=1S/C22H27N7O4S.C21H24FN7O3S/c1-13(2)29-20(25-26-27-29)16-8-7-9-19(23-16)24-21(30)15-11-18-14(10-17(15)33-6)12-28(22(3,4)5)34(18,31)32;1-12(2)29-19(25-26-27-29)16-7-6-8-18(23-16)24-20(30)14-10-17-13(9-15(14)22)11-28(21(3,4)5)33(17,31)32/h7-11,13H,12H2,1-6H3,(H,23,24,30);6-10,12H,11H2,1-5H3,(H,23,24,30). The molecule has 0 aliphatic carbocycles.